The first kappa shape index (κ1) is 24.4. The van der Waals surface area contributed by atoms with Crippen LogP contribution in [0.1, 0.15) is 0 Å². The van der Waals surface area contributed by atoms with E-state index in [1.54, 1.807) is 18.3 Å². The van der Waals surface area contributed by atoms with E-state index < -0.39 is 10.0 Å². The molecule has 11 nitrogen and oxygen atoms in total. The highest BCUT2D eigenvalue weighted by Crippen LogP contribution is 2.31. The summed E-state index contributed by atoms with van der Waals surface area (Å²) >= 11 is 0. The van der Waals surface area contributed by atoms with E-state index in [4.69, 9.17) is 10.7 Å². The highest BCUT2D eigenvalue weighted by atomic mass is 32.2. The lowest BCUT2D eigenvalue weighted by Crippen LogP contribution is -2.44. The number of benzene rings is 1. The maximum absolute atomic E-state index is 11.9. The minimum atomic E-state index is -3.66. The second kappa shape index (κ2) is 9.99. The summed E-state index contributed by atoms with van der Waals surface area (Å²) < 4.78 is 26.3. The van der Waals surface area contributed by atoms with Crippen molar-refractivity contribution in [1.29, 1.82) is 0 Å². The van der Waals surface area contributed by atoms with Gasteiger partial charge in [-0.25, -0.2) is 18.4 Å². The van der Waals surface area contributed by atoms with E-state index in [1.807, 2.05) is 30.3 Å². The van der Waals surface area contributed by atoms with E-state index in [0.29, 0.717) is 39.6 Å². The van der Waals surface area contributed by atoms with Gasteiger partial charge < -0.3 is 20.9 Å². The Morgan fingerprint density at radius 3 is 2.57 bits per heavy atom. The minimum absolute atomic E-state index is 0.305. The Hall–Kier alpha value is -4.29. The monoisotopic (exact) mass is 517 g/mol. The van der Waals surface area contributed by atoms with Crippen LogP contribution in [0.25, 0.3) is 22.2 Å². The first-order valence-corrected chi connectivity index (χ1v) is 13.2. The normalized spacial score (nSPS) is 14.5. The number of piperazine rings is 1. The molecule has 4 N–H and O–H groups in total. The lowest BCUT2D eigenvalue weighted by Gasteiger charge is -2.33. The van der Waals surface area contributed by atoms with Gasteiger partial charge in [0.1, 0.15) is 11.6 Å². The van der Waals surface area contributed by atoms with Crippen LogP contribution < -0.4 is 20.7 Å². The molecule has 0 spiro atoms. The lowest BCUT2D eigenvalue weighted by atomic mass is 10.1. The summed E-state index contributed by atoms with van der Waals surface area (Å²) in [7, 11) is -1.53. The Balaban J connectivity index is 1.44. The van der Waals surface area contributed by atoms with E-state index in [9.17, 15) is 8.42 Å². The highest BCUT2D eigenvalue weighted by molar-refractivity contribution is 7.95. The van der Waals surface area contributed by atoms with Gasteiger partial charge in [0, 0.05) is 48.7 Å². The third-order valence-electron chi connectivity index (χ3n) is 6.10. The summed E-state index contributed by atoms with van der Waals surface area (Å²) in [4.78, 5) is 22.7. The molecule has 0 bridgehead atoms. The number of likely N-dealkylation sites (N-methyl/N-ethyl adjacent to an activating group) is 1. The van der Waals surface area contributed by atoms with Crippen molar-refractivity contribution in [3.63, 3.8) is 0 Å². The highest BCUT2D eigenvalue weighted by Gasteiger charge is 2.16. The first-order chi connectivity index (χ1) is 17.8. The van der Waals surface area contributed by atoms with E-state index >= 15 is 0 Å². The molecular formula is C25H27N9O2S. The summed E-state index contributed by atoms with van der Waals surface area (Å²) in [5.74, 6) is 1.55. The summed E-state index contributed by atoms with van der Waals surface area (Å²) in [6.07, 6.45) is 3.27. The van der Waals surface area contributed by atoms with Crippen molar-refractivity contribution in [1.82, 2.24) is 24.8 Å². The van der Waals surface area contributed by atoms with Gasteiger partial charge in [0.2, 0.25) is 5.95 Å². The smallest absolute Gasteiger partial charge is 0.254 e. The van der Waals surface area contributed by atoms with Crippen molar-refractivity contribution in [2.24, 2.45) is 0 Å². The largest absolute Gasteiger partial charge is 0.383 e. The topological polar surface area (TPSA) is 142 Å². The molecule has 5 rings (SSSR count). The third-order valence-corrected chi connectivity index (χ3v) is 7.06. The zero-order valence-electron chi connectivity index (χ0n) is 20.3. The van der Waals surface area contributed by atoms with Gasteiger partial charge in [-0.3, -0.25) is 9.71 Å². The predicted octanol–water partition coefficient (Wildman–Crippen LogP) is 3.05. The number of nitrogens with zero attached hydrogens (tertiary/aromatic N) is 6. The summed E-state index contributed by atoms with van der Waals surface area (Å²) in [6.45, 7) is 7.21. The molecular weight excluding hydrogens is 490 g/mol. The van der Waals surface area contributed by atoms with E-state index in [2.05, 4.69) is 48.4 Å². The van der Waals surface area contributed by atoms with Gasteiger partial charge in [0.25, 0.3) is 10.0 Å². The SMILES string of the molecule is C=CS(=O)(=O)Nc1ccnc(-c2cccc3c(N)nc(Nc4ccc(N5CCN(C)CC5)nc4)nc23)c1. The number of pyridine rings is 2. The number of hydrogen-bond acceptors (Lipinski definition) is 10. The number of nitrogens with two attached hydrogens (primary N) is 1. The Morgan fingerprint density at radius 2 is 1.84 bits per heavy atom. The molecule has 1 aliphatic heterocycles. The Labute approximate surface area is 215 Å². The van der Waals surface area contributed by atoms with Crippen LogP contribution in [-0.2, 0) is 10.0 Å². The number of aromatic nitrogens is 4. The number of nitrogens with one attached hydrogen (secondary N) is 2. The van der Waals surface area contributed by atoms with Crippen molar-refractivity contribution in [3.8, 4) is 11.3 Å². The molecule has 37 heavy (non-hydrogen) atoms. The fourth-order valence-electron chi connectivity index (χ4n) is 4.10. The quantitative estimate of drug-likeness (QED) is 0.335. The molecule has 190 valence electrons. The molecule has 3 aromatic heterocycles. The Bertz CT molecular complexity index is 1550. The number of sulfonamides is 1. The maximum atomic E-state index is 11.9. The number of hydrogen-bond donors (Lipinski definition) is 3. The number of rotatable bonds is 7. The molecule has 1 saturated heterocycles. The van der Waals surface area contributed by atoms with Gasteiger partial charge in [0.15, 0.2) is 0 Å². The molecule has 0 amide bonds. The summed E-state index contributed by atoms with van der Waals surface area (Å²) in [5.41, 5.74) is 9.15. The third kappa shape index (κ3) is 5.44. The molecule has 1 aliphatic rings. The first-order valence-electron chi connectivity index (χ1n) is 11.7. The zero-order chi connectivity index (χ0) is 26.0. The number of nitrogen functional groups attached to an aromatic ring is 1. The number of anilines is 5. The fraction of sp³-hybridized carbons (Fsp3) is 0.200. The number of para-hydroxylation sites is 1. The average Bonchev–Trinajstić information content (AvgIpc) is 2.89. The van der Waals surface area contributed by atoms with Gasteiger partial charge in [-0.05, 0) is 37.4 Å². The van der Waals surface area contributed by atoms with Crippen LogP contribution in [0.15, 0.2) is 66.8 Å². The molecule has 0 unspecified atom stereocenters. The van der Waals surface area contributed by atoms with E-state index in [-0.39, 0.29) is 0 Å². The standard InChI is InChI=1S/C25H27N9O2S/c1-3-37(35,36)32-17-9-10-27-21(15-17)19-5-4-6-20-23(19)30-25(31-24(20)26)29-18-7-8-22(28-16-18)34-13-11-33(2)12-14-34/h3-10,15-16H,1,11-14H2,2H3,(H,27,32)(H3,26,29,30,31). The van der Waals surface area contributed by atoms with Gasteiger partial charge >= 0.3 is 0 Å². The summed E-state index contributed by atoms with van der Waals surface area (Å²) in [5, 5.41) is 4.70. The van der Waals surface area contributed by atoms with Crippen LogP contribution in [0.3, 0.4) is 0 Å². The Morgan fingerprint density at radius 1 is 1.03 bits per heavy atom. The molecule has 0 saturated carbocycles. The van der Waals surface area contributed by atoms with Gasteiger partial charge in [-0.2, -0.15) is 4.98 Å². The molecule has 0 atom stereocenters. The van der Waals surface area contributed by atoms with Crippen molar-refractivity contribution >= 4 is 49.9 Å². The van der Waals surface area contributed by atoms with Crippen LogP contribution in [-0.4, -0.2) is 66.5 Å². The molecule has 0 aliphatic carbocycles. The van der Waals surface area contributed by atoms with Crippen molar-refractivity contribution < 1.29 is 8.42 Å². The minimum Gasteiger partial charge on any atom is -0.383 e. The van der Waals surface area contributed by atoms with Crippen LogP contribution in [0, 0.1) is 0 Å². The van der Waals surface area contributed by atoms with Gasteiger partial charge in [0.05, 0.1) is 28.8 Å². The second-order valence-corrected chi connectivity index (χ2v) is 10.3. The van der Waals surface area contributed by atoms with Crippen molar-refractivity contribution in [2.45, 2.75) is 0 Å². The number of fused-ring (bicyclic) bond motifs is 1. The molecule has 0 radical (unpaired) electrons. The zero-order valence-corrected chi connectivity index (χ0v) is 21.1. The molecule has 12 heteroatoms. The average molecular weight is 518 g/mol. The maximum Gasteiger partial charge on any atom is 0.254 e. The van der Waals surface area contributed by atoms with Crippen LogP contribution in [0.5, 0.6) is 0 Å². The molecule has 1 aromatic carbocycles. The fourth-order valence-corrected chi connectivity index (χ4v) is 4.64. The van der Waals surface area contributed by atoms with Crippen LogP contribution in [0.4, 0.5) is 29.0 Å². The van der Waals surface area contributed by atoms with Crippen molar-refractivity contribution in [2.75, 3.05) is 53.9 Å². The van der Waals surface area contributed by atoms with Crippen LogP contribution in [0.2, 0.25) is 0 Å². The van der Waals surface area contributed by atoms with Gasteiger partial charge in [-0.15, -0.1) is 0 Å². The lowest BCUT2D eigenvalue weighted by molar-refractivity contribution is 0.312. The van der Waals surface area contributed by atoms with Gasteiger partial charge in [-0.1, -0.05) is 18.7 Å². The molecule has 4 aromatic rings. The van der Waals surface area contributed by atoms with Crippen molar-refractivity contribution in [3.05, 3.63) is 66.8 Å². The van der Waals surface area contributed by atoms with Crippen LogP contribution >= 0.6 is 0 Å². The van der Waals surface area contributed by atoms with E-state index in [0.717, 1.165) is 43.1 Å². The second-order valence-electron chi connectivity index (χ2n) is 8.70. The molecule has 4 heterocycles. The predicted molar refractivity (Wildman–Crippen MR) is 147 cm³/mol. The van der Waals surface area contributed by atoms with E-state index in [1.165, 1.54) is 6.20 Å². The Kier molecular flexibility index (Phi) is 6.59. The molecule has 1 fully saturated rings. The summed E-state index contributed by atoms with van der Waals surface area (Å²) in [6, 6.07) is 12.6.